The Hall–Kier alpha value is -2.69. The van der Waals surface area contributed by atoms with Crippen molar-refractivity contribution in [2.24, 2.45) is 0 Å². The normalized spacial score (nSPS) is 16.0. The van der Waals surface area contributed by atoms with E-state index < -0.39 is 18.4 Å². The summed E-state index contributed by atoms with van der Waals surface area (Å²) in [4.78, 5) is 26.0. The zero-order valence-electron chi connectivity index (χ0n) is 14.1. The second-order valence-corrected chi connectivity index (χ2v) is 6.17. The highest BCUT2D eigenvalue weighted by atomic mass is 19.1. The number of halogens is 1. The molecular weight excluding hydrogens is 321 g/mol. The average molecular weight is 341 g/mol. The molecule has 2 aromatic rings. The Morgan fingerprint density at radius 2 is 1.88 bits per heavy atom. The molecule has 0 saturated heterocycles. The summed E-state index contributed by atoms with van der Waals surface area (Å²) in [7, 11) is 1.71. The van der Waals surface area contributed by atoms with Crippen LogP contribution in [0.1, 0.15) is 40.4 Å². The van der Waals surface area contributed by atoms with Crippen molar-refractivity contribution in [1.29, 1.82) is 0 Å². The first-order valence-corrected chi connectivity index (χ1v) is 8.33. The Morgan fingerprint density at radius 1 is 1.16 bits per heavy atom. The van der Waals surface area contributed by atoms with E-state index in [2.05, 4.69) is 6.07 Å². The van der Waals surface area contributed by atoms with Gasteiger partial charge in [0.25, 0.3) is 5.91 Å². The highest BCUT2D eigenvalue weighted by Gasteiger charge is 2.27. The van der Waals surface area contributed by atoms with Crippen LogP contribution in [0.25, 0.3) is 0 Å². The van der Waals surface area contributed by atoms with Crippen molar-refractivity contribution in [2.75, 3.05) is 13.7 Å². The Labute approximate surface area is 146 Å². The van der Waals surface area contributed by atoms with E-state index in [0.717, 1.165) is 24.8 Å². The Bertz CT molecular complexity index is 790. The number of aryl methyl sites for hydroxylation is 1. The van der Waals surface area contributed by atoms with Crippen LogP contribution in [0.4, 0.5) is 4.39 Å². The number of hydrogen-bond acceptors (Lipinski definition) is 3. The van der Waals surface area contributed by atoms with Gasteiger partial charge in [-0.25, -0.2) is 9.18 Å². The van der Waals surface area contributed by atoms with E-state index in [1.165, 1.54) is 23.8 Å². The number of carbonyl (C=O) groups excluding carboxylic acids is 2. The van der Waals surface area contributed by atoms with Crippen LogP contribution in [0.3, 0.4) is 0 Å². The number of esters is 1. The van der Waals surface area contributed by atoms with Gasteiger partial charge in [-0.2, -0.15) is 0 Å². The fraction of sp³-hybridized carbons (Fsp3) is 0.300. The minimum absolute atomic E-state index is 0.0235. The van der Waals surface area contributed by atoms with E-state index >= 15 is 0 Å². The molecule has 3 rings (SSSR count). The molecule has 4 nitrogen and oxygen atoms in total. The predicted octanol–water partition coefficient (Wildman–Crippen LogP) is 3.52. The van der Waals surface area contributed by atoms with Crippen molar-refractivity contribution in [2.45, 2.75) is 25.3 Å². The SMILES string of the molecule is CN(C(=O)COC(=O)c1ccccc1F)[C@H]1CCCc2ccccc21. The van der Waals surface area contributed by atoms with Crippen molar-refractivity contribution >= 4 is 11.9 Å². The second kappa shape index (κ2) is 7.47. The smallest absolute Gasteiger partial charge is 0.341 e. The number of likely N-dealkylation sites (N-methyl/N-ethyl adjacent to an activating group) is 1. The third kappa shape index (κ3) is 3.71. The monoisotopic (exact) mass is 341 g/mol. The lowest BCUT2D eigenvalue weighted by Crippen LogP contribution is -2.36. The van der Waals surface area contributed by atoms with Crippen molar-refractivity contribution in [1.82, 2.24) is 4.90 Å². The van der Waals surface area contributed by atoms with Crippen LogP contribution < -0.4 is 0 Å². The molecule has 0 N–H and O–H groups in total. The average Bonchev–Trinajstić information content (AvgIpc) is 2.65. The zero-order valence-corrected chi connectivity index (χ0v) is 14.1. The summed E-state index contributed by atoms with van der Waals surface area (Å²) in [5.74, 6) is -1.79. The van der Waals surface area contributed by atoms with Crippen molar-refractivity contribution in [3.05, 3.63) is 71.0 Å². The van der Waals surface area contributed by atoms with Crippen LogP contribution >= 0.6 is 0 Å². The molecule has 5 heteroatoms. The van der Waals surface area contributed by atoms with Gasteiger partial charge in [0, 0.05) is 7.05 Å². The van der Waals surface area contributed by atoms with Gasteiger partial charge in [0.1, 0.15) is 5.82 Å². The van der Waals surface area contributed by atoms with Gasteiger partial charge in [0.2, 0.25) is 0 Å². The molecule has 0 unspecified atom stereocenters. The van der Waals surface area contributed by atoms with Crippen molar-refractivity contribution in [3.8, 4) is 0 Å². The predicted molar refractivity (Wildman–Crippen MR) is 91.6 cm³/mol. The number of rotatable bonds is 4. The molecule has 2 aromatic carbocycles. The molecule has 25 heavy (non-hydrogen) atoms. The summed E-state index contributed by atoms with van der Waals surface area (Å²) in [6.07, 6.45) is 2.89. The van der Waals surface area contributed by atoms with E-state index in [4.69, 9.17) is 4.74 Å². The first-order valence-electron chi connectivity index (χ1n) is 8.33. The molecule has 0 spiro atoms. The van der Waals surface area contributed by atoms with Crippen LogP contribution in [0.5, 0.6) is 0 Å². The fourth-order valence-electron chi connectivity index (χ4n) is 3.24. The summed E-state index contributed by atoms with van der Waals surface area (Å²) >= 11 is 0. The first-order chi connectivity index (χ1) is 12.1. The topological polar surface area (TPSA) is 46.6 Å². The lowest BCUT2D eigenvalue weighted by molar-refractivity contribution is -0.135. The molecule has 0 fully saturated rings. The van der Waals surface area contributed by atoms with Crippen LogP contribution in [0, 0.1) is 5.82 Å². The zero-order chi connectivity index (χ0) is 17.8. The highest BCUT2D eigenvalue weighted by Crippen LogP contribution is 2.33. The van der Waals surface area contributed by atoms with E-state index in [-0.39, 0.29) is 17.5 Å². The number of amides is 1. The molecular formula is C20H20FNO3. The molecule has 0 aromatic heterocycles. The third-order valence-corrected chi connectivity index (χ3v) is 4.62. The lowest BCUT2D eigenvalue weighted by Gasteiger charge is -2.33. The maximum absolute atomic E-state index is 13.6. The number of fused-ring (bicyclic) bond motifs is 1. The Morgan fingerprint density at radius 3 is 2.68 bits per heavy atom. The molecule has 1 aliphatic rings. The van der Waals surface area contributed by atoms with Gasteiger partial charge in [-0.1, -0.05) is 36.4 Å². The maximum atomic E-state index is 13.6. The summed E-state index contributed by atoms with van der Waals surface area (Å²) in [6, 6.07) is 13.6. The summed E-state index contributed by atoms with van der Waals surface area (Å²) in [5.41, 5.74) is 2.23. The number of nitrogens with zero attached hydrogens (tertiary/aromatic N) is 1. The number of carbonyl (C=O) groups is 2. The first kappa shape index (κ1) is 17.1. The van der Waals surface area contributed by atoms with Crippen LogP contribution in [-0.2, 0) is 16.0 Å². The van der Waals surface area contributed by atoms with E-state index in [9.17, 15) is 14.0 Å². The van der Waals surface area contributed by atoms with Gasteiger partial charge in [-0.05, 0) is 42.5 Å². The van der Waals surface area contributed by atoms with Gasteiger partial charge < -0.3 is 9.64 Å². The molecule has 1 atom stereocenters. The highest BCUT2D eigenvalue weighted by molar-refractivity contribution is 5.91. The van der Waals surface area contributed by atoms with E-state index in [0.29, 0.717) is 0 Å². The van der Waals surface area contributed by atoms with Crippen LogP contribution in [-0.4, -0.2) is 30.4 Å². The quantitative estimate of drug-likeness (QED) is 0.800. The number of hydrogen-bond donors (Lipinski definition) is 0. The molecule has 130 valence electrons. The standard InChI is InChI=1S/C20H20FNO3/c1-22(18-12-6-8-14-7-2-3-9-15(14)18)19(23)13-25-20(24)16-10-4-5-11-17(16)21/h2-5,7,9-11,18H,6,8,12-13H2,1H3/t18-/m0/s1. The molecule has 0 heterocycles. The molecule has 0 radical (unpaired) electrons. The minimum Gasteiger partial charge on any atom is -0.452 e. The Balaban J connectivity index is 1.64. The van der Waals surface area contributed by atoms with E-state index in [1.54, 1.807) is 18.0 Å². The summed E-state index contributed by atoms with van der Waals surface area (Å²) in [5, 5.41) is 0. The molecule has 1 amide bonds. The van der Waals surface area contributed by atoms with Crippen LogP contribution in [0.2, 0.25) is 0 Å². The summed E-state index contributed by atoms with van der Waals surface area (Å²) in [6.45, 7) is -0.400. The largest absolute Gasteiger partial charge is 0.452 e. The van der Waals surface area contributed by atoms with Crippen molar-refractivity contribution in [3.63, 3.8) is 0 Å². The molecule has 0 bridgehead atoms. The summed E-state index contributed by atoms with van der Waals surface area (Å²) < 4.78 is 18.6. The van der Waals surface area contributed by atoms with Crippen molar-refractivity contribution < 1.29 is 18.7 Å². The molecule has 0 saturated carbocycles. The Kier molecular flexibility index (Phi) is 5.12. The second-order valence-electron chi connectivity index (χ2n) is 6.17. The van der Waals surface area contributed by atoms with E-state index in [1.807, 2.05) is 18.2 Å². The van der Waals surface area contributed by atoms with Gasteiger partial charge >= 0.3 is 5.97 Å². The maximum Gasteiger partial charge on any atom is 0.341 e. The van der Waals surface area contributed by atoms with Gasteiger partial charge in [-0.15, -0.1) is 0 Å². The number of ether oxygens (including phenoxy) is 1. The molecule has 1 aliphatic carbocycles. The minimum atomic E-state index is -0.830. The lowest BCUT2D eigenvalue weighted by atomic mass is 9.87. The fourth-order valence-corrected chi connectivity index (χ4v) is 3.24. The molecule has 0 aliphatic heterocycles. The van der Waals surface area contributed by atoms with Gasteiger partial charge in [-0.3, -0.25) is 4.79 Å². The van der Waals surface area contributed by atoms with Gasteiger partial charge in [0.05, 0.1) is 11.6 Å². The van der Waals surface area contributed by atoms with Crippen LogP contribution in [0.15, 0.2) is 48.5 Å². The number of benzene rings is 2. The third-order valence-electron chi connectivity index (χ3n) is 4.62. The van der Waals surface area contributed by atoms with Gasteiger partial charge in [0.15, 0.2) is 6.61 Å².